The average Bonchev–Trinajstić information content (AvgIpc) is 1.58. The molecule has 14 aromatic carbocycles. The van der Waals surface area contributed by atoms with Crippen LogP contribution in [-0.2, 0) is 9.31 Å². The van der Waals surface area contributed by atoms with Crippen molar-refractivity contribution in [2.24, 2.45) is 0 Å². The predicted molar refractivity (Wildman–Crippen MR) is 430 cm³/mol. The summed E-state index contributed by atoms with van der Waals surface area (Å²) in [6, 6.07) is 122. The van der Waals surface area contributed by atoms with Gasteiger partial charge in [-0.25, -0.2) is 0 Å². The first kappa shape index (κ1) is 64.4. The van der Waals surface area contributed by atoms with Crippen LogP contribution in [-0.4, -0.2) is 27.5 Å². The van der Waals surface area contributed by atoms with Crippen molar-refractivity contribution in [1.82, 2.24) is 9.13 Å². The highest BCUT2D eigenvalue weighted by Crippen LogP contribution is 2.42. The van der Waals surface area contributed by atoms with Gasteiger partial charge in [0.1, 0.15) is 0 Å². The van der Waals surface area contributed by atoms with E-state index in [9.17, 15) is 0 Å². The SMILES string of the molecule is Brc1ccccc1-c1cccc(-c2ccc3c(c2)c2ccccc2n3-c2cc(-c3ccccc3)cc(-c3ccccc3)c2)c1.Brc1ccccc1I.CC1(C)OB(c2cccc(-c3ccc4c(c3)c3ccccc3n4-c3cc(-c4ccccc4)cc(-c4ccccc4)c3)c2)OC1(C)C. The van der Waals surface area contributed by atoms with Crippen LogP contribution in [0.5, 0.6) is 0 Å². The molecule has 8 heteroatoms. The van der Waals surface area contributed by atoms with E-state index in [1.54, 1.807) is 0 Å². The number of halogens is 3. The lowest BCUT2D eigenvalue weighted by Gasteiger charge is -2.32. The molecule has 16 aromatic rings. The molecule has 0 N–H and O–H groups in total. The Morgan fingerprint density at radius 3 is 1.04 bits per heavy atom. The molecule has 1 aliphatic rings. The summed E-state index contributed by atoms with van der Waals surface area (Å²) in [5, 5.41) is 4.95. The largest absolute Gasteiger partial charge is 0.494 e. The number of benzene rings is 14. The van der Waals surface area contributed by atoms with Crippen LogP contribution in [0.2, 0.25) is 0 Å². The van der Waals surface area contributed by atoms with Crippen molar-refractivity contribution in [3.63, 3.8) is 0 Å². The zero-order chi connectivity index (χ0) is 66.9. The number of hydrogen-bond donors (Lipinski definition) is 0. The van der Waals surface area contributed by atoms with E-state index in [0.717, 1.165) is 32.4 Å². The van der Waals surface area contributed by atoms with Crippen LogP contribution in [0.3, 0.4) is 0 Å². The maximum atomic E-state index is 6.38. The molecule has 0 aliphatic carbocycles. The number of rotatable bonds is 10. The lowest BCUT2D eigenvalue weighted by molar-refractivity contribution is 0.00578. The quantitative estimate of drug-likeness (QED) is 0.101. The van der Waals surface area contributed by atoms with Crippen molar-refractivity contribution < 1.29 is 9.31 Å². The zero-order valence-electron chi connectivity index (χ0n) is 54.8. The highest BCUT2D eigenvalue weighted by molar-refractivity contribution is 14.1. The van der Waals surface area contributed by atoms with Gasteiger partial charge in [0.15, 0.2) is 0 Å². The van der Waals surface area contributed by atoms with Gasteiger partial charge in [-0.2, -0.15) is 0 Å². The number of fused-ring (bicyclic) bond motifs is 6. The molecule has 2 aromatic heterocycles. The molecule has 0 bridgehead atoms. The monoisotopic (exact) mass is 1500 g/mol. The molecule has 4 nitrogen and oxygen atoms in total. The molecule has 0 atom stereocenters. The Balaban J connectivity index is 0.000000144. The van der Waals surface area contributed by atoms with E-state index in [-0.39, 0.29) is 11.2 Å². The first-order valence-corrected chi connectivity index (χ1v) is 35.8. The predicted octanol–water partition coefficient (Wildman–Crippen LogP) is 25.4. The molecule has 98 heavy (non-hydrogen) atoms. The Hall–Kier alpha value is -9.65. The van der Waals surface area contributed by atoms with Crippen LogP contribution >= 0.6 is 54.5 Å². The van der Waals surface area contributed by atoms with Gasteiger partial charge in [-0.1, -0.05) is 259 Å². The van der Waals surface area contributed by atoms with Crippen molar-refractivity contribution in [2.45, 2.75) is 38.9 Å². The van der Waals surface area contributed by atoms with E-state index < -0.39 is 7.12 Å². The fourth-order valence-electron chi connectivity index (χ4n) is 13.4. The van der Waals surface area contributed by atoms with Crippen molar-refractivity contribution in [3.05, 3.63) is 352 Å². The zero-order valence-corrected chi connectivity index (χ0v) is 60.1. The van der Waals surface area contributed by atoms with E-state index in [4.69, 9.17) is 9.31 Å². The molecule has 474 valence electrons. The van der Waals surface area contributed by atoms with Crippen molar-refractivity contribution in [1.29, 1.82) is 0 Å². The van der Waals surface area contributed by atoms with Gasteiger partial charge in [-0.05, 0) is 247 Å². The normalized spacial score (nSPS) is 13.1. The van der Waals surface area contributed by atoms with Gasteiger partial charge in [-0.3, -0.25) is 0 Å². The van der Waals surface area contributed by atoms with E-state index in [1.807, 2.05) is 18.2 Å². The third kappa shape index (κ3) is 13.1. The van der Waals surface area contributed by atoms with Gasteiger partial charge >= 0.3 is 7.12 Å². The van der Waals surface area contributed by atoms with Gasteiger partial charge in [0.2, 0.25) is 0 Å². The highest BCUT2D eigenvalue weighted by atomic mass is 127. The topological polar surface area (TPSA) is 28.3 Å². The van der Waals surface area contributed by atoms with Crippen LogP contribution < -0.4 is 5.46 Å². The van der Waals surface area contributed by atoms with Crippen molar-refractivity contribution in [3.8, 4) is 89.3 Å². The van der Waals surface area contributed by atoms with Gasteiger partial charge in [0.05, 0.1) is 33.3 Å². The van der Waals surface area contributed by atoms with Crippen molar-refractivity contribution >= 4 is 111 Å². The summed E-state index contributed by atoms with van der Waals surface area (Å²) < 4.78 is 21.1. The molecule has 0 amide bonds. The summed E-state index contributed by atoms with van der Waals surface area (Å²) in [6.07, 6.45) is 0. The Morgan fingerprint density at radius 1 is 0.276 bits per heavy atom. The first-order valence-electron chi connectivity index (χ1n) is 33.1. The van der Waals surface area contributed by atoms with E-state index in [2.05, 4.69) is 413 Å². The van der Waals surface area contributed by atoms with E-state index in [1.165, 1.54) is 118 Å². The van der Waals surface area contributed by atoms with Gasteiger partial charge in [-0.15, -0.1) is 0 Å². The second kappa shape index (κ2) is 27.7. The summed E-state index contributed by atoms with van der Waals surface area (Å²) in [5.41, 5.74) is 24.0. The molecule has 17 rings (SSSR count). The molecule has 0 radical (unpaired) electrons. The Bertz CT molecular complexity index is 5420. The minimum atomic E-state index is -0.397. The molecule has 1 saturated heterocycles. The highest BCUT2D eigenvalue weighted by Gasteiger charge is 2.51. The third-order valence-corrected chi connectivity index (χ3v) is 22.1. The Morgan fingerprint density at radius 2 is 0.612 bits per heavy atom. The minimum absolute atomic E-state index is 0.382. The molecule has 0 saturated carbocycles. The van der Waals surface area contributed by atoms with Crippen LogP contribution in [0.15, 0.2) is 349 Å². The maximum absolute atomic E-state index is 6.38. The summed E-state index contributed by atoms with van der Waals surface area (Å²) in [4.78, 5) is 0. The Kier molecular flexibility index (Phi) is 18.2. The second-order valence-electron chi connectivity index (χ2n) is 25.9. The standard InChI is InChI=1S/C42H36BNO2.C42H28BrN.C6H4BrI/c1-41(2)42(3,4)46-43(45-41)35-19-13-18-31(25-35)32-22-23-40-38(28-32)37-20-11-12-21-39(37)44(40)36-26-33(29-14-7-5-8-15-29)24-34(27-36)30-16-9-6-10-17-30;43-40-20-9-7-18-37(40)33-17-11-16-31(24-33)32-22-23-42-39(28-32)38-19-8-10-21-41(38)44(42)36-26-34(29-12-3-1-4-13-29)25-35(27-36)30-14-5-2-6-15-30;7-5-3-1-2-4-6(5)8/h5-28H,1-4H3;1-28H;1-4H. The maximum Gasteiger partial charge on any atom is 0.494 e. The summed E-state index contributed by atoms with van der Waals surface area (Å²) in [6.45, 7) is 8.38. The van der Waals surface area contributed by atoms with Crippen LogP contribution in [0.4, 0.5) is 0 Å². The molecule has 0 unspecified atom stereocenters. The molecular weight excluding hydrogens is 1440 g/mol. The molecule has 0 spiro atoms. The van der Waals surface area contributed by atoms with Gasteiger partial charge < -0.3 is 18.4 Å². The summed E-state index contributed by atoms with van der Waals surface area (Å²) in [7, 11) is -0.397. The fraction of sp³-hybridized carbons (Fsp3) is 0.0667. The third-order valence-electron chi connectivity index (χ3n) is 19.1. The summed E-state index contributed by atoms with van der Waals surface area (Å²) >= 11 is 9.40. The van der Waals surface area contributed by atoms with E-state index in [0.29, 0.717) is 0 Å². The van der Waals surface area contributed by atoms with Crippen LogP contribution in [0.1, 0.15) is 27.7 Å². The first-order chi connectivity index (χ1) is 47.8. The Labute approximate surface area is 604 Å². The second-order valence-corrected chi connectivity index (χ2v) is 28.7. The fourth-order valence-corrected chi connectivity index (χ4v) is 14.6. The smallest absolute Gasteiger partial charge is 0.399 e. The van der Waals surface area contributed by atoms with Gasteiger partial charge in [0, 0.05) is 45.4 Å². The molecular formula is C90H68BBr2IN2O2. The molecule has 1 aliphatic heterocycles. The molecule has 1 fully saturated rings. The van der Waals surface area contributed by atoms with Crippen molar-refractivity contribution in [2.75, 3.05) is 0 Å². The lowest BCUT2D eigenvalue weighted by Crippen LogP contribution is -2.41. The number of para-hydroxylation sites is 2. The van der Waals surface area contributed by atoms with Gasteiger partial charge in [0.25, 0.3) is 0 Å². The average molecular weight is 1510 g/mol. The lowest BCUT2D eigenvalue weighted by atomic mass is 9.78. The van der Waals surface area contributed by atoms with Crippen LogP contribution in [0, 0.1) is 3.57 Å². The van der Waals surface area contributed by atoms with E-state index >= 15 is 0 Å². The summed E-state index contributed by atoms with van der Waals surface area (Å²) in [5.74, 6) is 0. The van der Waals surface area contributed by atoms with Crippen LogP contribution in [0.25, 0.3) is 133 Å². The number of nitrogens with zero attached hydrogens (tertiary/aromatic N) is 2. The number of hydrogen-bond acceptors (Lipinski definition) is 2. The minimum Gasteiger partial charge on any atom is -0.399 e. The molecule has 3 heterocycles. The number of aromatic nitrogens is 2.